The van der Waals surface area contributed by atoms with E-state index in [1.165, 1.54) is 92.5 Å². The number of para-hydroxylation sites is 8. The van der Waals surface area contributed by atoms with Gasteiger partial charge < -0.3 is 27.3 Å². The van der Waals surface area contributed by atoms with Crippen LogP contribution in [0, 0.1) is 0 Å². The smallest absolute Gasteiger partial charge is 0.143 e. The number of hydrogen-bond acceptors (Lipinski definition) is 1. The minimum atomic E-state index is 0.862. The average Bonchev–Trinajstić information content (AvgIpc) is 1.56. The van der Waals surface area contributed by atoms with Gasteiger partial charge in [-0.2, -0.15) is 0 Å². The molecule has 0 aliphatic heterocycles. The molecule has 90 heavy (non-hydrogen) atoms. The molecule has 0 spiro atoms. The second-order valence-electron chi connectivity index (χ2n) is 23.9. The maximum atomic E-state index is 6.98. The molecular formula is C84H51N5O. The number of benzene rings is 14. The van der Waals surface area contributed by atoms with E-state index in [2.05, 4.69) is 332 Å². The summed E-state index contributed by atoms with van der Waals surface area (Å²) in [5.74, 6) is 0. The molecule has 0 unspecified atom stereocenters. The van der Waals surface area contributed by atoms with Gasteiger partial charge in [0, 0.05) is 98.6 Å². The average molecular weight is 1150 g/mol. The van der Waals surface area contributed by atoms with Crippen molar-refractivity contribution in [2.75, 3.05) is 0 Å². The lowest BCUT2D eigenvalue weighted by Crippen LogP contribution is -1.96. The van der Waals surface area contributed by atoms with E-state index < -0.39 is 0 Å². The van der Waals surface area contributed by atoms with Crippen molar-refractivity contribution in [1.82, 2.24) is 22.8 Å². The van der Waals surface area contributed by atoms with Gasteiger partial charge in [-0.1, -0.05) is 170 Å². The fourth-order valence-corrected chi connectivity index (χ4v) is 15.5. The van der Waals surface area contributed by atoms with Crippen LogP contribution in [0.3, 0.4) is 0 Å². The van der Waals surface area contributed by atoms with Crippen molar-refractivity contribution in [3.8, 4) is 50.7 Å². The van der Waals surface area contributed by atoms with E-state index in [9.17, 15) is 0 Å². The van der Waals surface area contributed by atoms with Gasteiger partial charge in [0.25, 0.3) is 0 Å². The number of rotatable bonds is 7. The van der Waals surface area contributed by atoms with Crippen molar-refractivity contribution in [2.24, 2.45) is 0 Å². The van der Waals surface area contributed by atoms with Crippen LogP contribution in [0.25, 0.3) is 182 Å². The molecule has 6 nitrogen and oxygen atoms in total. The molecule has 0 saturated carbocycles. The van der Waals surface area contributed by atoms with Crippen LogP contribution in [0.5, 0.6) is 0 Å². The monoisotopic (exact) mass is 1150 g/mol. The molecule has 0 aliphatic carbocycles. The number of nitrogens with zero attached hydrogens (tertiary/aromatic N) is 5. The van der Waals surface area contributed by atoms with Gasteiger partial charge in [-0.3, -0.25) is 0 Å². The molecule has 0 bridgehead atoms. The van der Waals surface area contributed by atoms with Gasteiger partial charge in [0.2, 0.25) is 0 Å². The Labute approximate surface area is 515 Å². The van der Waals surface area contributed by atoms with Gasteiger partial charge in [0.1, 0.15) is 11.2 Å². The molecule has 6 heteroatoms. The molecule has 0 radical (unpaired) electrons. The Kier molecular flexibility index (Phi) is 10.2. The largest absolute Gasteiger partial charge is 0.455 e. The lowest BCUT2D eigenvalue weighted by molar-refractivity contribution is 0.670. The molecule has 14 aromatic carbocycles. The van der Waals surface area contributed by atoms with Gasteiger partial charge >= 0.3 is 0 Å². The van der Waals surface area contributed by atoms with Crippen LogP contribution < -0.4 is 0 Å². The van der Waals surface area contributed by atoms with E-state index in [4.69, 9.17) is 4.42 Å². The van der Waals surface area contributed by atoms with E-state index in [-0.39, 0.29) is 0 Å². The molecule has 0 fully saturated rings. The van der Waals surface area contributed by atoms with Crippen LogP contribution >= 0.6 is 0 Å². The molecule has 20 rings (SSSR count). The summed E-state index contributed by atoms with van der Waals surface area (Å²) in [4.78, 5) is 0. The van der Waals surface area contributed by atoms with Crippen LogP contribution in [0.15, 0.2) is 314 Å². The molecular weight excluding hydrogens is 1090 g/mol. The highest BCUT2D eigenvalue weighted by atomic mass is 16.3. The van der Waals surface area contributed by atoms with Gasteiger partial charge in [0.15, 0.2) is 0 Å². The topological polar surface area (TPSA) is 37.8 Å². The summed E-state index contributed by atoms with van der Waals surface area (Å²) in [6.45, 7) is 0. The Morgan fingerprint density at radius 1 is 0.189 bits per heavy atom. The maximum Gasteiger partial charge on any atom is 0.143 e. The molecule has 0 N–H and O–H groups in total. The quantitative estimate of drug-likeness (QED) is 0.157. The number of hydrogen-bond donors (Lipinski definition) is 0. The SMILES string of the molecule is c1ccc(-n2c3ccccc3c3c4c5cc(-c6cccc7c6oc6ccc(-c8ccc(-n9c%10ccc(-n%11c%12ccccc%12c%12ccccc%12%11)cc%10c%10c%11c%12ccccc%12n(-c%12ccccc%12)c%11ccc%109)cc8)cc67)ccc5n(-c5ccccc5)c4ccc32)cc1. The molecule has 0 aliphatic rings. The first-order valence-electron chi connectivity index (χ1n) is 30.9. The highest BCUT2D eigenvalue weighted by Crippen LogP contribution is 2.47. The normalized spacial score (nSPS) is 12.2. The summed E-state index contributed by atoms with van der Waals surface area (Å²) in [6.07, 6.45) is 0. The van der Waals surface area contributed by atoms with Gasteiger partial charge in [-0.05, 0) is 156 Å². The fourth-order valence-electron chi connectivity index (χ4n) is 15.5. The zero-order valence-corrected chi connectivity index (χ0v) is 48.6. The van der Waals surface area contributed by atoms with Crippen molar-refractivity contribution in [3.05, 3.63) is 309 Å². The van der Waals surface area contributed by atoms with Crippen molar-refractivity contribution >= 4 is 131 Å². The van der Waals surface area contributed by atoms with E-state index in [0.717, 1.165) is 89.2 Å². The lowest BCUT2D eigenvalue weighted by Gasteiger charge is -2.11. The summed E-state index contributed by atoms with van der Waals surface area (Å²) >= 11 is 0. The van der Waals surface area contributed by atoms with Crippen molar-refractivity contribution in [1.29, 1.82) is 0 Å². The van der Waals surface area contributed by atoms with Crippen LogP contribution in [0.4, 0.5) is 0 Å². The van der Waals surface area contributed by atoms with Crippen LogP contribution in [0.1, 0.15) is 0 Å². The Hall–Kier alpha value is -12.1. The Bertz CT molecular complexity index is 6320. The third-order valence-electron chi connectivity index (χ3n) is 19.3. The Morgan fingerprint density at radius 3 is 1.06 bits per heavy atom. The highest BCUT2D eigenvalue weighted by Gasteiger charge is 2.25. The minimum Gasteiger partial charge on any atom is -0.455 e. The van der Waals surface area contributed by atoms with Gasteiger partial charge in [-0.25, -0.2) is 0 Å². The molecule has 0 saturated heterocycles. The first kappa shape index (κ1) is 49.0. The number of furan rings is 1. The van der Waals surface area contributed by atoms with Crippen molar-refractivity contribution in [2.45, 2.75) is 0 Å². The molecule has 418 valence electrons. The van der Waals surface area contributed by atoms with Crippen molar-refractivity contribution < 1.29 is 4.42 Å². The summed E-state index contributed by atoms with van der Waals surface area (Å²) in [5.41, 5.74) is 23.6. The molecule has 20 aromatic rings. The highest BCUT2D eigenvalue weighted by molar-refractivity contribution is 6.31. The molecule has 6 aromatic heterocycles. The second-order valence-corrected chi connectivity index (χ2v) is 23.9. The Morgan fingerprint density at radius 2 is 0.533 bits per heavy atom. The second kappa shape index (κ2) is 18.7. The van der Waals surface area contributed by atoms with E-state index >= 15 is 0 Å². The predicted molar refractivity (Wildman–Crippen MR) is 376 cm³/mol. The Balaban J connectivity index is 0.734. The molecule has 0 atom stereocenters. The predicted octanol–water partition coefficient (Wildman–Crippen LogP) is 22.4. The third kappa shape index (κ3) is 6.87. The summed E-state index contributed by atoms with van der Waals surface area (Å²) in [5, 5.41) is 14.5. The number of aromatic nitrogens is 5. The maximum absolute atomic E-state index is 6.98. The summed E-state index contributed by atoms with van der Waals surface area (Å²) < 4.78 is 19.1. The van der Waals surface area contributed by atoms with Crippen LogP contribution in [0.2, 0.25) is 0 Å². The van der Waals surface area contributed by atoms with E-state index in [0.29, 0.717) is 0 Å². The minimum absolute atomic E-state index is 0.862. The van der Waals surface area contributed by atoms with Crippen LogP contribution in [-0.2, 0) is 0 Å². The zero-order valence-electron chi connectivity index (χ0n) is 48.6. The standard InChI is InChI=1S/C84H51N5O/c1-4-19-55(20-5-1)85-71-33-16-12-27-64(71)80-75(85)44-46-77-82(80)67-50-54(37-42-73(67)87(77)57-23-8-3-9-24-57)60-29-18-30-63-66-49-53(38-48-79(66)90-84(60)63)52-35-39-58(40-36-52)88-74-43-41-59(89-69-31-14-10-25-61(69)62-26-11-15-32-70(62)89)51-68(74)83-78(88)47-45-76-81(83)65-28-13-17-34-72(65)86(76)56-21-6-2-7-22-56/h1-51H. The third-order valence-corrected chi connectivity index (χ3v) is 19.3. The van der Waals surface area contributed by atoms with Crippen LogP contribution in [-0.4, -0.2) is 22.8 Å². The fraction of sp³-hybridized carbons (Fsp3) is 0. The van der Waals surface area contributed by atoms with Gasteiger partial charge in [-0.15, -0.1) is 0 Å². The van der Waals surface area contributed by atoms with E-state index in [1.54, 1.807) is 0 Å². The first-order valence-corrected chi connectivity index (χ1v) is 30.9. The molecule has 0 amide bonds. The van der Waals surface area contributed by atoms with E-state index in [1.807, 2.05) is 0 Å². The first-order chi connectivity index (χ1) is 44.7. The van der Waals surface area contributed by atoms with Crippen molar-refractivity contribution in [3.63, 3.8) is 0 Å². The van der Waals surface area contributed by atoms with Gasteiger partial charge in [0.05, 0.1) is 55.2 Å². The number of fused-ring (bicyclic) bond motifs is 20. The summed E-state index contributed by atoms with van der Waals surface area (Å²) in [7, 11) is 0. The lowest BCUT2D eigenvalue weighted by atomic mass is 9.98. The molecule has 6 heterocycles. The summed E-state index contributed by atoms with van der Waals surface area (Å²) in [6, 6.07) is 113. The zero-order chi connectivity index (χ0) is 58.7.